The molecule has 1 heterocycles. The number of likely N-dealkylation sites (N-methyl/N-ethyl adjacent to an activating group) is 1. The van der Waals surface area contributed by atoms with Crippen LogP contribution >= 0.6 is 0 Å². The molecule has 0 bridgehead atoms. The van der Waals surface area contributed by atoms with Gasteiger partial charge in [0.15, 0.2) is 5.88 Å². The van der Waals surface area contributed by atoms with E-state index in [-0.39, 0.29) is 17.6 Å². The van der Waals surface area contributed by atoms with Crippen molar-refractivity contribution in [2.75, 3.05) is 11.9 Å². The van der Waals surface area contributed by atoms with Gasteiger partial charge in [0.25, 0.3) is 0 Å². The van der Waals surface area contributed by atoms with Gasteiger partial charge in [-0.2, -0.15) is 0 Å². The summed E-state index contributed by atoms with van der Waals surface area (Å²) >= 11 is 0. The number of anilines is 1. The molecule has 6 heteroatoms. The second-order valence-corrected chi connectivity index (χ2v) is 3.23. The van der Waals surface area contributed by atoms with Gasteiger partial charge in [-0.25, -0.2) is 4.79 Å². The molecule has 1 aromatic rings. The van der Waals surface area contributed by atoms with E-state index in [1.54, 1.807) is 6.92 Å². The van der Waals surface area contributed by atoms with Crippen LogP contribution in [0, 0.1) is 0 Å². The largest absolute Gasteiger partial charge is 0.475 e. The Balaban J connectivity index is 2.59. The number of hydrogen-bond acceptors (Lipinski definition) is 4. The molecule has 3 N–H and O–H groups in total. The molecule has 0 saturated carbocycles. The van der Waals surface area contributed by atoms with Crippen LogP contribution in [-0.2, 0) is 4.79 Å². The number of amides is 1. The topological polar surface area (TPSA) is 91.6 Å². The minimum atomic E-state index is -1.14. The quantitative estimate of drug-likeness (QED) is 0.694. The Morgan fingerprint density at radius 1 is 1.50 bits per heavy atom. The molecular formula is C10H14N2O4. The molecule has 0 aromatic carbocycles. The number of carbonyl (C=O) groups is 2. The average Bonchev–Trinajstić information content (AvgIpc) is 2.66. The highest BCUT2D eigenvalue weighted by molar-refractivity contribution is 5.86. The molecule has 1 unspecified atom stereocenters. The van der Waals surface area contributed by atoms with E-state index < -0.39 is 12.0 Å². The van der Waals surface area contributed by atoms with Crippen LogP contribution in [0.5, 0.6) is 0 Å². The van der Waals surface area contributed by atoms with Crippen LogP contribution in [0.15, 0.2) is 16.5 Å². The zero-order valence-corrected chi connectivity index (χ0v) is 9.11. The maximum Gasteiger partial charge on any atom is 0.371 e. The Kier molecular flexibility index (Phi) is 3.93. The second kappa shape index (κ2) is 5.20. The third-order valence-corrected chi connectivity index (χ3v) is 1.92. The summed E-state index contributed by atoms with van der Waals surface area (Å²) in [4.78, 5) is 21.9. The number of rotatable bonds is 5. The Morgan fingerprint density at radius 3 is 2.69 bits per heavy atom. The average molecular weight is 226 g/mol. The zero-order chi connectivity index (χ0) is 12.1. The molecule has 0 saturated heterocycles. The number of hydrogen-bond donors (Lipinski definition) is 3. The van der Waals surface area contributed by atoms with Crippen LogP contribution < -0.4 is 10.6 Å². The van der Waals surface area contributed by atoms with Crippen molar-refractivity contribution in [3.8, 4) is 0 Å². The van der Waals surface area contributed by atoms with E-state index in [4.69, 9.17) is 9.52 Å². The maximum atomic E-state index is 11.4. The predicted molar refractivity (Wildman–Crippen MR) is 57.4 cm³/mol. The minimum Gasteiger partial charge on any atom is -0.475 e. The Hall–Kier alpha value is -1.98. The fourth-order valence-electron chi connectivity index (χ4n) is 1.14. The normalized spacial score (nSPS) is 11.9. The van der Waals surface area contributed by atoms with Crippen molar-refractivity contribution in [2.24, 2.45) is 0 Å². The van der Waals surface area contributed by atoms with Gasteiger partial charge in [0.1, 0.15) is 6.04 Å². The number of nitrogens with one attached hydrogen (secondary N) is 2. The summed E-state index contributed by atoms with van der Waals surface area (Å²) in [5.41, 5.74) is 0. The molecule has 1 amide bonds. The van der Waals surface area contributed by atoms with Gasteiger partial charge in [0.2, 0.25) is 11.7 Å². The van der Waals surface area contributed by atoms with Gasteiger partial charge in [-0.1, -0.05) is 0 Å². The van der Waals surface area contributed by atoms with Gasteiger partial charge in [-0.15, -0.1) is 0 Å². The van der Waals surface area contributed by atoms with E-state index in [1.807, 2.05) is 6.92 Å². The molecule has 1 atom stereocenters. The first kappa shape index (κ1) is 12.1. The smallest absolute Gasteiger partial charge is 0.371 e. The van der Waals surface area contributed by atoms with E-state index in [2.05, 4.69) is 10.6 Å². The van der Waals surface area contributed by atoms with Crippen LogP contribution in [0.25, 0.3) is 0 Å². The van der Waals surface area contributed by atoms with Crippen LogP contribution in [-0.4, -0.2) is 29.6 Å². The zero-order valence-electron chi connectivity index (χ0n) is 9.11. The molecule has 0 fully saturated rings. The predicted octanol–water partition coefficient (Wildman–Crippen LogP) is 0.914. The summed E-state index contributed by atoms with van der Waals surface area (Å²) in [6, 6.07) is 2.32. The molecule has 1 aromatic heterocycles. The molecule has 0 aliphatic carbocycles. The van der Waals surface area contributed by atoms with E-state index in [0.29, 0.717) is 6.54 Å². The van der Waals surface area contributed by atoms with Crippen molar-refractivity contribution in [2.45, 2.75) is 19.9 Å². The fraction of sp³-hybridized carbons (Fsp3) is 0.400. The van der Waals surface area contributed by atoms with E-state index in [0.717, 1.165) is 0 Å². The summed E-state index contributed by atoms with van der Waals surface area (Å²) in [5.74, 6) is -1.21. The first-order valence-corrected chi connectivity index (χ1v) is 4.92. The molecule has 6 nitrogen and oxygen atoms in total. The SMILES string of the molecule is CCNC(=O)C(C)Nc1ccc(C(=O)O)o1. The van der Waals surface area contributed by atoms with Crippen LogP contribution in [0.1, 0.15) is 24.4 Å². The lowest BCUT2D eigenvalue weighted by Gasteiger charge is -2.11. The van der Waals surface area contributed by atoms with Gasteiger partial charge < -0.3 is 20.2 Å². The molecule has 16 heavy (non-hydrogen) atoms. The van der Waals surface area contributed by atoms with Crippen molar-refractivity contribution in [1.82, 2.24) is 5.32 Å². The van der Waals surface area contributed by atoms with Crippen LogP contribution in [0.3, 0.4) is 0 Å². The van der Waals surface area contributed by atoms with Crippen molar-refractivity contribution >= 4 is 17.8 Å². The Bertz CT molecular complexity index is 386. The van der Waals surface area contributed by atoms with Crippen molar-refractivity contribution in [3.63, 3.8) is 0 Å². The van der Waals surface area contributed by atoms with E-state index >= 15 is 0 Å². The second-order valence-electron chi connectivity index (χ2n) is 3.23. The van der Waals surface area contributed by atoms with Crippen molar-refractivity contribution < 1.29 is 19.1 Å². The summed E-state index contributed by atoms with van der Waals surface area (Å²) in [5, 5.41) is 14.0. The molecule has 0 spiro atoms. The van der Waals surface area contributed by atoms with E-state index in [1.165, 1.54) is 12.1 Å². The standard InChI is InChI=1S/C10H14N2O4/c1-3-11-9(13)6(2)12-8-5-4-7(16-8)10(14)15/h4-6,12H,3H2,1-2H3,(H,11,13)(H,14,15). The first-order chi connectivity index (χ1) is 7.54. The molecule has 0 aliphatic heterocycles. The highest BCUT2D eigenvalue weighted by atomic mass is 16.4. The van der Waals surface area contributed by atoms with Crippen LogP contribution in [0.4, 0.5) is 5.88 Å². The number of aromatic carboxylic acids is 1. The highest BCUT2D eigenvalue weighted by Gasteiger charge is 2.14. The lowest BCUT2D eigenvalue weighted by Crippen LogP contribution is -2.37. The van der Waals surface area contributed by atoms with Gasteiger partial charge >= 0.3 is 5.97 Å². The minimum absolute atomic E-state index is 0.161. The Morgan fingerprint density at radius 2 is 2.19 bits per heavy atom. The molecule has 1 rings (SSSR count). The molecule has 88 valence electrons. The number of carboxylic acids is 1. The maximum absolute atomic E-state index is 11.4. The molecule has 0 aliphatic rings. The summed E-state index contributed by atoms with van der Waals surface area (Å²) in [7, 11) is 0. The number of carbonyl (C=O) groups excluding carboxylic acids is 1. The van der Waals surface area contributed by atoms with Gasteiger partial charge in [0, 0.05) is 12.6 Å². The summed E-state index contributed by atoms with van der Waals surface area (Å²) in [6.45, 7) is 4.03. The van der Waals surface area contributed by atoms with Crippen molar-refractivity contribution in [3.05, 3.63) is 17.9 Å². The number of furan rings is 1. The lowest BCUT2D eigenvalue weighted by molar-refractivity contribution is -0.121. The van der Waals surface area contributed by atoms with E-state index in [9.17, 15) is 9.59 Å². The first-order valence-electron chi connectivity index (χ1n) is 4.92. The number of carboxylic acid groups (broad SMARTS) is 1. The highest BCUT2D eigenvalue weighted by Crippen LogP contribution is 2.14. The third-order valence-electron chi connectivity index (χ3n) is 1.92. The summed E-state index contributed by atoms with van der Waals surface area (Å²) < 4.78 is 4.95. The molecule has 0 radical (unpaired) electrons. The molecular weight excluding hydrogens is 212 g/mol. The van der Waals surface area contributed by atoms with Gasteiger partial charge in [-0.3, -0.25) is 4.79 Å². The van der Waals surface area contributed by atoms with Crippen molar-refractivity contribution in [1.29, 1.82) is 0 Å². The lowest BCUT2D eigenvalue weighted by atomic mass is 10.3. The fourth-order valence-corrected chi connectivity index (χ4v) is 1.14. The van der Waals surface area contributed by atoms with Gasteiger partial charge in [0.05, 0.1) is 0 Å². The Labute approximate surface area is 92.6 Å². The van der Waals surface area contributed by atoms with Crippen LogP contribution in [0.2, 0.25) is 0 Å². The summed E-state index contributed by atoms with van der Waals surface area (Å²) in [6.07, 6.45) is 0. The van der Waals surface area contributed by atoms with Gasteiger partial charge in [-0.05, 0) is 19.9 Å². The monoisotopic (exact) mass is 226 g/mol. The third kappa shape index (κ3) is 3.01.